The van der Waals surface area contributed by atoms with Gasteiger partial charge in [-0.2, -0.15) is 5.10 Å². The summed E-state index contributed by atoms with van der Waals surface area (Å²) in [7, 11) is 0. The predicted molar refractivity (Wildman–Crippen MR) is 100 cm³/mol. The van der Waals surface area contributed by atoms with Crippen LogP contribution in [-0.4, -0.2) is 32.1 Å². The third-order valence-corrected chi connectivity index (χ3v) is 4.94. The van der Waals surface area contributed by atoms with Gasteiger partial charge in [-0.05, 0) is 31.7 Å². The number of nitrogens with one attached hydrogen (secondary N) is 1. The van der Waals surface area contributed by atoms with E-state index in [2.05, 4.69) is 10.1 Å². The largest absolute Gasteiger partial charge is 0.445 e. The Balaban J connectivity index is 1.56. The summed E-state index contributed by atoms with van der Waals surface area (Å²) in [6.45, 7) is 2.73. The van der Waals surface area contributed by atoms with Gasteiger partial charge in [-0.1, -0.05) is 30.3 Å². The van der Waals surface area contributed by atoms with Crippen molar-refractivity contribution in [1.82, 2.24) is 19.5 Å². The molecule has 1 aliphatic heterocycles. The second kappa shape index (κ2) is 7.26. The number of likely N-dealkylation sites (tertiary alicyclic amines) is 1. The number of amides is 1. The monoisotopic (exact) mass is 366 g/mol. The molecule has 1 aliphatic rings. The van der Waals surface area contributed by atoms with Crippen molar-refractivity contribution in [2.45, 2.75) is 38.8 Å². The molecule has 3 aromatic rings. The first-order valence-electron chi connectivity index (χ1n) is 9.19. The number of benzene rings is 1. The zero-order chi connectivity index (χ0) is 18.8. The lowest BCUT2D eigenvalue weighted by molar-refractivity contribution is 0.0668. The van der Waals surface area contributed by atoms with E-state index in [1.165, 1.54) is 6.07 Å². The summed E-state index contributed by atoms with van der Waals surface area (Å²) in [5.41, 5.74) is 2.97. The molecule has 0 saturated carbocycles. The molecular formula is C20H22N4O3. The van der Waals surface area contributed by atoms with Crippen LogP contribution in [0.3, 0.4) is 0 Å². The summed E-state index contributed by atoms with van der Waals surface area (Å²) >= 11 is 0. The van der Waals surface area contributed by atoms with Crippen LogP contribution in [0.2, 0.25) is 0 Å². The number of hydrogen-bond acceptors (Lipinski definition) is 4. The summed E-state index contributed by atoms with van der Waals surface area (Å²) in [5.74, 6) is 0. The molecule has 0 bridgehead atoms. The molecule has 1 atom stereocenters. The number of ether oxygens (including phenoxy) is 1. The zero-order valence-corrected chi connectivity index (χ0v) is 15.2. The molecule has 1 aromatic carbocycles. The number of fused-ring (bicyclic) bond motifs is 1. The van der Waals surface area contributed by atoms with Crippen LogP contribution in [0.25, 0.3) is 5.65 Å². The van der Waals surface area contributed by atoms with Crippen molar-refractivity contribution in [3.63, 3.8) is 0 Å². The second-order valence-corrected chi connectivity index (χ2v) is 6.89. The number of hydrogen-bond donors (Lipinski definition) is 1. The summed E-state index contributed by atoms with van der Waals surface area (Å²) in [6.07, 6.45) is 2.47. The van der Waals surface area contributed by atoms with Crippen molar-refractivity contribution >= 4 is 11.7 Å². The Morgan fingerprint density at radius 3 is 2.89 bits per heavy atom. The molecule has 1 fully saturated rings. The molecule has 0 spiro atoms. The van der Waals surface area contributed by atoms with E-state index >= 15 is 0 Å². The first-order valence-corrected chi connectivity index (χ1v) is 9.19. The van der Waals surface area contributed by atoms with Crippen molar-refractivity contribution in [2.75, 3.05) is 6.54 Å². The van der Waals surface area contributed by atoms with Crippen molar-refractivity contribution in [2.24, 2.45) is 0 Å². The number of rotatable bonds is 3. The number of aromatic amines is 1. The van der Waals surface area contributed by atoms with E-state index in [1.54, 1.807) is 9.42 Å². The predicted octanol–water partition coefficient (Wildman–Crippen LogP) is 3.19. The van der Waals surface area contributed by atoms with Crippen LogP contribution >= 0.6 is 0 Å². The van der Waals surface area contributed by atoms with Crippen LogP contribution in [-0.2, 0) is 11.3 Å². The lowest BCUT2D eigenvalue weighted by Crippen LogP contribution is -2.39. The number of carbonyl (C=O) groups excluding carboxylic acids is 1. The van der Waals surface area contributed by atoms with Gasteiger partial charge >= 0.3 is 6.09 Å². The molecule has 1 N–H and O–H groups in total. The molecule has 4 rings (SSSR count). The Morgan fingerprint density at radius 2 is 2.07 bits per heavy atom. The van der Waals surface area contributed by atoms with Gasteiger partial charge in [0, 0.05) is 24.4 Å². The molecule has 140 valence electrons. The highest BCUT2D eigenvalue weighted by atomic mass is 16.6. The van der Waals surface area contributed by atoms with Gasteiger partial charge in [0.15, 0.2) is 0 Å². The third-order valence-electron chi connectivity index (χ3n) is 4.94. The summed E-state index contributed by atoms with van der Waals surface area (Å²) in [4.78, 5) is 28.9. The van der Waals surface area contributed by atoms with E-state index in [-0.39, 0.29) is 24.3 Å². The van der Waals surface area contributed by atoms with Gasteiger partial charge in [0.1, 0.15) is 12.3 Å². The first kappa shape index (κ1) is 17.3. The Labute approximate surface area is 156 Å². The van der Waals surface area contributed by atoms with Gasteiger partial charge in [-0.3, -0.25) is 9.69 Å². The third kappa shape index (κ3) is 3.58. The number of H-pyrrole nitrogens is 1. The van der Waals surface area contributed by atoms with Crippen LogP contribution in [0.1, 0.15) is 42.3 Å². The van der Waals surface area contributed by atoms with Crippen molar-refractivity contribution in [1.29, 1.82) is 0 Å². The fourth-order valence-electron chi connectivity index (χ4n) is 3.59. The maximum Gasteiger partial charge on any atom is 0.410 e. The van der Waals surface area contributed by atoms with Crippen LogP contribution in [0, 0.1) is 6.92 Å². The Morgan fingerprint density at radius 1 is 1.26 bits per heavy atom. The van der Waals surface area contributed by atoms with Crippen molar-refractivity contribution < 1.29 is 9.53 Å². The second-order valence-electron chi connectivity index (χ2n) is 6.89. The number of aryl methyl sites for hydroxylation is 1. The van der Waals surface area contributed by atoms with E-state index in [0.29, 0.717) is 12.2 Å². The minimum Gasteiger partial charge on any atom is -0.445 e. The quantitative estimate of drug-likeness (QED) is 0.772. The minimum absolute atomic E-state index is 0.148. The van der Waals surface area contributed by atoms with Gasteiger partial charge in [-0.25, -0.2) is 9.31 Å². The zero-order valence-electron chi connectivity index (χ0n) is 15.2. The lowest BCUT2D eigenvalue weighted by atomic mass is 10.00. The van der Waals surface area contributed by atoms with Crippen LogP contribution in [0.5, 0.6) is 0 Å². The SMILES string of the molecule is Cc1cc(=O)[nH]c2cc([C@@H]3CCCCN3C(=O)OCc3ccccc3)nn12. The normalized spacial score (nSPS) is 17.2. The van der Waals surface area contributed by atoms with Crippen molar-refractivity contribution in [3.8, 4) is 0 Å². The first-order chi connectivity index (χ1) is 13.1. The van der Waals surface area contributed by atoms with Crippen molar-refractivity contribution in [3.05, 3.63) is 69.8 Å². The number of nitrogens with zero attached hydrogens (tertiary/aromatic N) is 3. The van der Waals surface area contributed by atoms with Gasteiger partial charge < -0.3 is 9.72 Å². The summed E-state index contributed by atoms with van der Waals surface area (Å²) in [6, 6.07) is 12.9. The molecule has 1 saturated heterocycles. The highest BCUT2D eigenvalue weighted by Gasteiger charge is 2.31. The number of aromatic nitrogens is 3. The fourth-order valence-corrected chi connectivity index (χ4v) is 3.59. The maximum atomic E-state index is 12.7. The molecule has 0 unspecified atom stereocenters. The van der Waals surface area contributed by atoms with Gasteiger partial charge in [0.25, 0.3) is 5.56 Å². The molecule has 27 heavy (non-hydrogen) atoms. The highest BCUT2D eigenvalue weighted by Crippen LogP contribution is 2.31. The average Bonchev–Trinajstić information content (AvgIpc) is 3.11. The Kier molecular flexibility index (Phi) is 4.66. The number of piperidine rings is 1. The molecule has 7 heteroatoms. The maximum absolute atomic E-state index is 12.7. The molecular weight excluding hydrogens is 344 g/mol. The molecule has 3 heterocycles. The molecule has 1 amide bonds. The molecule has 0 radical (unpaired) electrons. The van der Waals surface area contributed by atoms with E-state index in [0.717, 1.165) is 36.2 Å². The molecule has 7 nitrogen and oxygen atoms in total. The summed E-state index contributed by atoms with van der Waals surface area (Å²) < 4.78 is 7.24. The number of carbonyl (C=O) groups is 1. The highest BCUT2D eigenvalue weighted by molar-refractivity contribution is 5.68. The van der Waals surface area contributed by atoms with E-state index in [9.17, 15) is 9.59 Å². The average molecular weight is 366 g/mol. The van der Waals surface area contributed by atoms with Gasteiger partial charge in [-0.15, -0.1) is 0 Å². The summed E-state index contributed by atoms with van der Waals surface area (Å²) in [5, 5.41) is 4.63. The fraction of sp³-hybridized carbons (Fsp3) is 0.350. The van der Waals surface area contributed by atoms with Crippen LogP contribution in [0.15, 0.2) is 47.3 Å². The molecule has 2 aromatic heterocycles. The standard InChI is InChI=1S/C20H22N4O3/c1-14-11-19(25)21-18-12-16(22-24(14)18)17-9-5-6-10-23(17)20(26)27-13-15-7-3-2-4-8-15/h2-4,7-8,11-12,17H,5-6,9-10,13H2,1H3,(H,21,25)/t17-/m0/s1. The Bertz CT molecular complexity index is 1010. The van der Waals surface area contributed by atoms with E-state index in [4.69, 9.17) is 4.74 Å². The topological polar surface area (TPSA) is 79.7 Å². The van der Waals surface area contributed by atoms with Gasteiger partial charge in [0.2, 0.25) is 0 Å². The smallest absolute Gasteiger partial charge is 0.410 e. The van der Waals surface area contributed by atoms with Crippen LogP contribution < -0.4 is 5.56 Å². The lowest BCUT2D eigenvalue weighted by Gasteiger charge is -2.33. The molecule has 0 aliphatic carbocycles. The Hall–Kier alpha value is -3.09. The minimum atomic E-state index is -0.328. The van der Waals surface area contributed by atoms with E-state index < -0.39 is 0 Å². The van der Waals surface area contributed by atoms with Gasteiger partial charge in [0.05, 0.1) is 11.7 Å². The van der Waals surface area contributed by atoms with E-state index in [1.807, 2.05) is 43.3 Å². The van der Waals surface area contributed by atoms with Crippen LogP contribution in [0.4, 0.5) is 4.79 Å².